The maximum absolute atomic E-state index is 12.1. The van der Waals surface area contributed by atoms with Crippen molar-refractivity contribution < 1.29 is 8.42 Å². The number of nitrogens with zero attached hydrogens (tertiary/aromatic N) is 2. The SMILES string of the molecule is Cc1cc(N)cc(S(=O)(=O)Nc2ccn(C)n2)c1. The summed E-state index contributed by atoms with van der Waals surface area (Å²) in [5.74, 6) is 0.276. The quantitative estimate of drug-likeness (QED) is 0.814. The molecule has 7 heteroatoms. The van der Waals surface area contributed by atoms with Crippen LogP contribution in [0, 0.1) is 6.92 Å². The molecule has 1 aromatic heterocycles. The highest BCUT2D eigenvalue weighted by molar-refractivity contribution is 7.92. The van der Waals surface area contributed by atoms with Crippen LogP contribution in [-0.2, 0) is 17.1 Å². The van der Waals surface area contributed by atoms with Crippen molar-refractivity contribution in [3.8, 4) is 0 Å². The molecule has 0 aliphatic rings. The van der Waals surface area contributed by atoms with Crippen LogP contribution in [0.2, 0.25) is 0 Å². The van der Waals surface area contributed by atoms with Gasteiger partial charge in [0.15, 0.2) is 5.82 Å². The first-order valence-electron chi connectivity index (χ1n) is 5.26. The number of benzene rings is 1. The standard InChI is InChI=1S/C11H14N4O2S/c1-8-5-9(12)7-10(6-8)18(16,17)14-11-3-4-15(2)13-11/h3-7H,12H2,1-2H3,(H,13,14). The van der Waals surface area contributed by atoms with Gasteiger partial charge < -0.3 is 5.73 Å². The Balaban J connectivity index is 2.36. The largest absolute Gasteiger partial charge is 0.399 e. The number of aromatic nitrogens is 2. The van der Waals surface area contributed by atoms with Gasteiger partial charge in [-0.1, -0.05) is 0 Å². The van der Waals surface area contributed by atoms with Gasteiger partial charge >= 0.3 is 0 Å². The third kappa shape index (κ3) is 2.62. The van der Waals surface area contributed by atoms with E-state index in [9.17, 15) is 8.42 Å². The molecule has 0 atom stereocenters. The summed E-state index contributed by atoms with van der Waals surface area (Å²) in [4.78, 5) is 0.130. The first-order chi connectivity index (χ1) is 8.37. The Hall–Kier alpha value is -2.02. The Morgan fingerprint density at radius 3 is 2.61 bits per heavy atom. The number of sulfonamides is 1. The maximum atomic E-state index is 12.1. The van der Waals surface area contributed by atoms with E-state index in [0.717, 1.165) is 5.56 Å². The molecule has 0 spiro atoms. The van der Waals surface area contributed by atoms with Crippen LogP contribution >= 0.6 is 0 Å². The Morgan fingerprint density at radius 2 is 2.06 bits per heavy atom. The molecule has 2 aromatic rings. The number of hydrogen-bond donors (Lipinski definition) is 2. The summed E-state index contributed by atoms with van der Waals surface area (Å²) in [6.07, 6.45) is 1.66. The van der Waals surface area contributed by atoms with E-state index in [0.29, 0.717) is 5.69 Å². The highest BCUT2D eigenvalue weighted by atomic mass is 32.2. The molecule has 18 heavy (non-hydrogen) atoms. The molecule has 1 aromatic carbocycles. The van der Waals surface area contributed by atoms with Crippen molar-refractivity contribution in [2.45, 2.75) is 11.8 Å². The summed E-state index contributed by atoms with van der Waals surface area (Å²) in [7, 11) is -1.94. The first kappa shape index (κ1) is 12.4. The second-order valence-electron chi connectivity index (χ2n) is 4.06. The summed E-state index contributed by atoms with van der Waals surface area (Å²) < 4.78 is 28.1. The molecule has 3 N–H and O–H groups in total. The number of nitrogen functional groups attached to an aromatic ring is 1. The van der Waals surface area contributed by atoms with E-state index >= 15 is 0 Å². The number of hydrogen-bond acceptors (Lipinski definition) is 4. The van der Waals surface area contributed by atoms with Crippen LogP contribution in [0.25, 0.3) is 0 Å². The van der Waals surface area contributed by atoms with Gasteiger partial charge in [0.2, 0.25) is 0 Å². The highest BCUT2D eigenvalue weighted by Crippen LogP contribution is 2.18. The van der Waals surface area contributed by atoms with Crippen LogP contribution in [0.1, 0.15) is 5.56 Å². The Labute approximate surface area is 105 Å². The minimum Gasteiger partial charge on any atom is -0.399 e. The van der Waals surface area contributed by atoms with E-state index < -0.39 is 10.0 Å². The topological polar surface area (TPSA) is 90.0 Å². The molecule has 2 rings (SSSR count). The van der Waals surface area contributed by atoms with E-state index in [1.807, 2.05) is 0 Å². The minimum atomic E-state index is -3.65. The molecule has 6 nitrogen and oxygen atoms in total. The fourth-order valence-electron chi connectivity index (χ4n) is 1.60. The van der Waals surface area contributed by atoms with Crippen LogP contribution in [0.4, 0.5) is 11.5 Å². The van der Waals surface area contributed by atoms with Gasteiger partial charge in [0.1, 0.15) is 0 Å². The average molecular weight is 266 g/mol. The monoisotopic (exact) mass is 266 g/mol. The molecule has 0 unspecified atom stereocenters. The fraction of sp³-hybridized carbons (Fsp3) is 0.182. The van der Waals surface area contributed by atoms with Gasteiger partial charge in [-0.25, -0.2) is 8.42 Å². The second-order valence-corrected chi connectivity index (χ2v) is 5.74. The van der Waals surface area contributed by atoms with E-state index in [4.69, 9.17) is 5.73 Å². The smallest absolute Gasteiger partial charge is 0.263 e. The van der Waals surface area contributed by atoms with Crippen molar-refractivity contribution in [2.24, 2.45) is 7.05 Å². The summed E-state index contributed by atoms with van der Waals surface area (Å²) in [6.45, 7) is 1.79. The molecule has 0 aliphatic carbocycles. The second kappa shape index (κ2) is 4.34. The number of anilines is 2. The normalized spacial score (nSPS) is 11.4. The van der Waals surface area contributed by atoms with Crippen LogP contribution in [0.3, 0.4) is 0 Å². The van der Waals surface area contributed by atoms with Crippen molar-refractivity contribution in [2.75, 3.05) is 10.5 Å². The lowest BCUT2D eigenvalue weighted by Gasteiger charge is -2.07. The van der Waals surface area contributed by atoms with Crippen molar-refractivity contribution in [1.82, 2.24) is 9.78 Å². The van der Waals surface area contributed by atoms with Crippen molar-refractivity contribution in [3.63, 3.8) is 0 Å². The third-order valence-corrected chi connectivity index (χ3v) is 3.67. The summed E-state index contributed by atoms with van der Waals surface area (Å²) in [5.41, 5.74) is 6.84. The molecule has 1 heterocycles. The number of nitrogens with two attached hydrogens (primary N) is 1. The van der Waals surface area contributed by atoms with Gasteiger partial charge in [-0.15, -0.1) is 0 Å². The minimum absolute atomic E-state index is 0.130. The van der Waals surface area contributed by atoms with E-state index in [2.05, 4.69) is 9.82 Å². The molecule has 0 fully saturated rings. The predicted octanol–water partition coefficient (Wildman–Crippen LogP) is 1.11. The first-order valence-corrected chi connectivity index (χ1v) is 6.75. The Morgan fingerprint density at radius 1 is 1.33 bits per heavy atom. The number of rotatable bonds is 3. The van der Waals surface area contributed by atoms with Crippen molar-refractivity contribution >= 4 is 21.5 Å². The molecule has 0 radical (unpaired) electrons. The molecular formula is C11H14N4O2S. The lowest BCUT2D eigenvalue weighted by atomic mass is 10.2. The Kier molecular flexibility index (Phi) is 3.00. The fourth-order valence-corrected chi connectivity index (χ4v) is 2.73. The summed E-state index contributed by atoms with van der Waals surface area (Å²) >= 11 is 0. The molecule has 96 valence electrons. The molecule has 0 saturated carbocycles. The third-order valence-electron chi connectivity index (χ3n) is 2.34. The zero-order chi connectivity index (χ0) is 13.3. The van der Waals surface area contributed by atoms with E-state index in [1.54, 1.807) is 38.4 Å². The number of aryl methyl sites for hydroxylation is 2. The maximum Gasteiger partial charge on any atom is 0.263 e. The van der Waals surface area contributed by atoms with Crippen LogP contribution in [0.15, 0.2) is 35.4 Å². The lowest BCUT2D eigenvalue weighted by Crippen LogP contribution is -2.14. The van der Waals surface area contributed by atoms with Gasteiger partial charge in [0.05, 0.1) is 4.90 Å². The zero-order valence-corrected chi connectivity index (χ0v) is 10.9. The molecule has 0 bridgehead atoms. The number of nitrogens with one attached hydrogen (secondary N) is 1. The van der Waals surface area contributed by atoms with E-state index in [-0.39, 0.29) is 10.7 Å². The van der Waals surface area contributed by atoms with Crippen LogP contribution < -0.4 is 10.5 Å². The average Bonchev–Trinajstić information content (AvgIpc) is 2.61. The lowest BCUT2D eigenvalue weighted by molar-refractivity contribution is 0.601. The zero-order valence-electron chi connectivity index (χ0n) is 10.1. The predicted molar refractivity (Wildman–Crippen MR) is 69.6 cm³/mol. The van der Waals surface area contributed by atoms with Crippen LogP contribution in [-0.4, -0.2) is 18.2 Å². The van der Waals surface area contributed by atoms with Gasteiger partial charge in [-0.3, -0.25) is 9.40 Å². The Bertz CT molecular complexity index is 656. The van der Waals surface area contributed by atoms with Gasteiger partial charge in [0.25, 0.3) is 10.0 Å². The highest BCUT2D eigenvalue weighted by Gasteiger charge is 2.16. The molecule has 0 aliphatic heterocycles. The van der Waals surface area contributed by atoms with Crippen molar-refractivity contribution in [3.05, 3.63) is 36.0 Å². The van der Waals surface area contributed by atoms with Gasteiger partial charge in [0, 0.05) is 25.0 Å². The molecular weight excluding hydrogens is 252 g/mol. The van der Waals surface area contributed by atoms with Crippen molar-refractivity contribution in [1.29, 1.82) is 0 Å². The summed E-state index contributed by atoms with van der Waals surface area (Å²) in [6, 6.07) is 6.26. The molecule has 0 amide bonds. The van der Waals surface area contributed by atoms with Gasteiger partial charge in [-0.05, 0) is 30.7 Å². The van der Waals surface area contributed by atoms with E-state index in [1.165, 1.54) is 10.7 Å². The summed E-state index contributed by atoms with van der Waals surface area (Å²) in [5, 5.41) is 3.96. The molecule has 0 saturated heterocycles. The van der Waals surface area contributed by atoms with Crippen LogP contribution in [0.5, 0.6) is 0 Å². The van der Waals surface area contributed by atoms with Gasteiger partial charge in [-0.2, -0.15) is 5.10 Å².